The van der Waals surface area contributed by atoms with Gasteiger partial charge in [-0.05, 0) is 61.7 Å². The number of benzene rings is 2. The molecule has 2 aromatic rings. The van der Waals surface area contributed by atoms with Gasteiger partial charge in [0.05, 0.1) is 18.6 Å². The topological polar surface area (TPSA) is 96.0 Å². The van der Waals surface area contributed by atoms with Crippen molar-refractivity contribution in [3.05, 3.63) is 58.1 Å². The van der Waals surface area contributed by atoms with Crippen LogP contribution in [0.1, 0.15) is 38.3 Å². The molecule has 36 heavy (non-hydrogen) atoms. The maximum absolute atomic E-state index is 14.5. The van der Waals surface area contributed by atoms with E-state index >= 15 is 0 Å². The summed E-state index contributed by atoms with van der Waals surface area (Å²) in [7, 11) is -2.57. The molecule has 2 saturated heterocycles. The lowest BCUT2D eigenvalue weighted by Crippen LogP contribution is -2.80. The minimum absolute atomic E-state index is 0.117. The molecule has 2 aliphatic heterocycles. The van der Waals surface area contributed by atoms with E-state index in [1.54, 1.807) is 42.3 Å². The van der Waals surface area contributed by atoms with Crippen molar-refractivity contribution in [3.63, 3.8) is 0 Å². The average molecular weight is 579 g/mol. The number of nitrogens with one attached hydrogen (secondary N) is 1. The number of methoxy groups -OCH3 is 1. The van der Waals surface area contributed by atoms with E-state index in [-0.39, 0.29) is 48.7 Å². The van der Waals surface area contributed by atoms with Gasteiger partial charge >= 0.3 is 0 Å². The van der Waals surface area contributed by atoms with E-state index in [2.05, 4.69) is 21.2 Å². The van der Waals surface area contributed by atoms with Gasteiger partial charge in [0.25, 0.3) is 0 Å². The number of carbonyl (C=O) groups is 2. The highest BCUT2D eigenvalue weighted by atomic mass is 79.9. The molecule has 8 nitrogen and oxygen atoms in total. The molecular weight excluding hydrogens is 546 g/mol. The minimum Gasteiger partial charge on any atom is -0.497 e. The Labute approximate surface area is 221 Å². The number of hydrogen-bond donors (Lipinski definition) is 1. The first-order valence-corrected chi connectivity index (χ1v) is 14.4. The molecule has 0 bridgehead atoms. The molecule has 10 heteroatoms. The lowest BCUT2D eigenvalue weighted by molar-refractivity contribution is -0.165. The quantitative estimate of drug-likeness (QED) is 0.543. The van der Waals surface area contributed by atoms with Crippen LogP contribution in [0.5, 0.6) is 5.75 Å². The second-order valence-electron chi connectivity index (χ2n) is 9.46. The predicted molar refractivity (Wildman–Crippen MR) is 140 cm³/mol. The normalized spacial score (nSPS) is 22.7. The lowest BCUT2D eigenvalue weighted by Gasteiger charge is -2.56. The Morgan fingerprint density at radius 1 is 1.17 bits per heavy atom. The number of carbonyl (C=O) groups excluding carboxylic acids is 2. The van der Waals surface area contributed by atoms with Crippen molar-refractivity contribution in [2.45, 2.75) is 62.0 Å². The highest BCUT2D eigenvalue weighted by molar-refractivity contribution is 9.10. The molecule has 194 valence electrons. The van der Waals surface area contributed by atoms with Crippen LogP contribution in [-0.2, 0) is 32.3 Å². The molecule has 4 rings (SSSR count). The molecule has 2 atom stereocenters. The molecular formula is C26H32BrN3O5S. The van der Waals surface area contributed by atoms with Crippen molar-refractivity contribution in [3.8, 4) is 5.75 Å². The van der Waals surface area contributed by atoms with E-state index in [1.807, 2.05) is 32.9 Å². The van der Waals surface area contributed by atoms with E-state index in [9.17, 15) is 18.0 Å². The van der Waals surface area contributed by atoms with Gasteiger partial charge in [0, 0.05) is 29.9 Å². The fourth-order valence-corrected chi connectivity index (χ4v) is 7.78. The summed E-state index contributed by atoms with van der Waals surface area (Å²) in [6.07, 6.45) is 0.810. The van der Waals surface area contributed by atoms with Gasteiger partial charge in [-0.2, -0.15) is 0 Å². The summed E-state index contributed by atoms with van der Waals surface area (Å²) in [4.78, 5) is 28.5. The molecule has 2 aromatic carbocycles. The molecule has 0 spiro atoms. The number of ether oxygens (including phenoxy) is 1. The van der Waals surface area contributed by atoms with Gasteiger partial charge in [-0.1, -0.05) is 35.0 Å². The third-order valence-electron chi connectivity index (χ3n) is 7.01. The molecule has 1 N–H and O–H groups in total. The molecule has 0 aliphatic carbocycles. The third-order valence-corrected chi connectivity index (χ3v) is 9.84. The van der Waals surface area contributed by atoms with E-state index in [1.165, 1.54) is 4.90 Å². The Morgan fingerprint density at radius 3 is 2.47 bits per heavy atom. The summed E-state index contributed by atoms with van der Waals surface area (Å²) in [5.41, 5.74) is 1.46. The monoisotopic (exact) mass is 577 g/mol. The van der Waals surface area contributed by atoms with Crippen LogP contribution in [0.25, 0.3) is 0 Å². The zero-order valence-electron chi connectivity index (χ0n) is 21.0. The van der Waals surface area contributed by atoms with E-state index < -0.39 is 20.9 Å². The fraction of sp³-hybridized carbons (Fsp3) is 0.462. The Bertz CT molecular complexity index is 1260. The number of amides is 2. The van der Waals surface area contributed by atoms with Crippen molar-refractivity contribution in [1.82, 2.24) is 15.1 Å². The minimum atomic E-state index is -4.14. The van der Waals surface area contributed by atoms with E-state index in [0.29, 0.717) is 17.7 Å². The van der Waals surface area contributed by atoms with Crippen LogP contribution in [0.15, 0.2) is 51.8 Å². The summed E-state index contributed by atoms with van der Waals surface area (Å²) in [5, 5.41) is 3.20. The molecule has 2 fully saturated rings. The van der Waals surface area contributed by atoms with Crippen molar-refractivity contribution < 1.29 is 22.7 Å². The first-order valence-electron chi connectivity index (χ1n) is 12.1. The van der Waals surface area contributed by atoms with Crippen LogP contribution in [-0.4, -0.2) is 67.3 Å². The lowest BCUT2D eigenvalue weighted by atomic mass is 9.97. The highest BCUT2D eigenvalue weighted by Crippen LogP contribution is 2.39. The first-order chi connectivity index (χ1) is 17.1. The SMILES string of the molecule is CCc1cc(Br)ccc1S(=O)(=O)C12CN(C(C)C)C(=O)C(Cc3ccc(OC)cc3)N1C(=O)CCN2. The van der Waals surface area contributed by atoms with Crippen LogP contribution in [0.2, 0.25) is 0 Å². The summed E-state index contributed by atoms with van der Waals surface area (Å²) >= 11 is 3.43. The summed E-state index contributed by atoms with van der Waals surface area (Å²) < 4.78 is 35.0. The largest absolute Gasteiger partial charge is 0.497 e. The molecule has 0 aromatic heterocycles. The summed E-state index contributed by atoms with van der Waals surface area (Å²) in [5.74, 6) is 0.0745. The molecule has 2 heterocycles. The van der Waals surface area contributed by atoms with Gasteiger partial charge in [-0.25, -0.2) is 8.42 Å². The van der Waals surface area contributed by atoms with Crippen LogP contribution < -0.4 is 10.1 Å². The maximum atomic E-state index is 14.5. The molecule has 0 saturated carbocycles. The Hall–Kier alpha value is -2.43. The molecule has 2 amide bonds. The number of nitrogens with zero attached hydrogens (tertiary/aromatic N) is 2. The Balaban J connectivity index is 1.89. The second kappa shape index (κ2) is 10.1. The van der Waals surface area contributed by atoms with Crippen molar-refractivity contribution >= 4 is 37.6 Å². The standard InChI is InChI=1S/C26H32BrN3O5S/c1-5-19-15-20(27)8-11-23(19)36(33,34)26-16-29(17(2)3)25(32)22(30(26)24(31)12-13-28-26)14-18-6-9-21(35-4)10-7-18/h6-11,15,17,22,28H,5,12-14,16H2,1-4H3. The van der Waals surface area contributed by atoms with Gasteiger partial charge < -0.3 is 9.64 Å². The second-order valence-corrected chi connectivity index (χ2v) is 12.5. The fourth-order valence-electron chi connectivity index (χ4n) is 5.12. The number of hydrogen-bond acceptors (Lipinski definition) is 6. The Morgan fingerprint density at radius 2 is 1.86 bits per heavy atom. The van der Waals surface area contributed by atoms with Gasteiger partial charge in [0.15, 0.2) is 0 Å². The van der Waals surface area contributed by atoms with Crippen molar-refractivity contribution in [2.24, 2.45) is 0 Å². The van der Waals surface area contributed by atoms with E-state index in [4.69, 9.17) is 4.74 Å². The smallest absolute Gasteiger partial charge is 0.246 e. The maximum Gasteiger partial charge on any atom is 0.246 e. The van der Waals surface area contributed by atoms with Crippen LogP contribution in [0.3, 0.4) is 0 Å². The van der Waals surface area contributed by atoms with Gasteiger partial charge in [-0.15, -0.1) is 0 Å². The van der Waals surface area contributed by atoms with Crippen LogP contribution >= 0.6 is 15.9 Å². The molecule has 2 unspecified atom stereocenters. The Kier molecular flexibility index (Phi) is 7.50. The third kappa shape index (κ3) is 4.43. The number of sulfone groups is 1. The van der Waals surface area contributed by atoms with Crippen LogP contribution in [0, 0.1) is 0 Å². The number of halogens is 1. The molecule has 2 aliphatic rings. The van der Waals surface area contributed by atoms with Gasteiger partial charge in [-0.3, -0.25) is 19.8 Å². The average Bonchev–Trinajstić information content (AvgIpc) is 2.85. The van der Waals surface area contributed by atoms with Crippen molar-refractivity contribution in [1.29, 1.82) is 0 Å². The molecule has 0 radical (unpaired) electrons. The highest BCUT2D eigenvalue weighted by Gasteiger charge is 2.61. The number of piperazine rings is 1. The number of aryl methyl sites for hydroxylation is 1. The van der Waals surface area contributed by atoms with Gasteiger partial charge in [0.1, 0.15) is 11.8 Å². The van der Waals surface area contributed by atoms with Gasteiger partial charge in [0.2, 0.25) is 26.6 Å². The summed E-state index contributed by atoms with van der Waals surface area (Å²) in [6, 6.07) is 11.1. The summed E-state index contributed by atoms with van der Waals surface area (Å²) in [6.45, 7) is 5.69. The zero-order chi connectivity index (χ0) is 26.3. The number of fused-ring (bicyclic) bond motifs is 1. The zero-order valence-corrected chi connectivity index (χ0v) is 23.4. The van der Waals surface area contributed by atoms with E-state index in [0.717, 1.165) is 10.0 Å². The van der Waals surface area contributed by atoms with Crippen LogP contribution in [0.4, 0.5) is 0 Å². The van der Waals surface area contributed by atoms with Crippen molar-refractivity contribution in [2.75, 3.05) is 20.2 Å². The first kappa shape index (κ1) is 26.6. The predicted octanol–water partition coefficient (Wildman–Crippen LogP) is 3.13. The number of rotatable bonds is 7.